The van der Waals surface area contributed by atoms with Crippen LogP contribution >= 0.6 is 0 Å². The molecule has 0 spiro atoms. The average Bonchev–Trinajstić information content (AvgIpc) is 3.30. The van der Waals surface area contributed by atoms with Crippen molar-refractivity contribution in [1.82, 2.24) is 9.55 Å². The molecular formula is C30H22F2N4O3S. The lowest BCUT2D eigenvalue weighted by Gasteiger charge is -2.34. The molecule has 1 unspecified atom stereocenters. The Bertz CT molecular complexity index is 2060. The predicted octanol–water partition coefficient (Wildman–Crippen LogP) is 5.47. The predicted molar refractivity (Wildman–Crippen MR) is 149 cm³/mol. The molecule has 6 rings (SSSR count). The molecule has 1 N–H and O–H groups in total. The molecule has 0 aliphatic carbocycles. The van der Waals surface area contributed by atoms with E-state index < -0.39 is 27.5 Å². The van der Waals surface area contributed by atoms with E-state index in [1.165, 1.54) is 16.7 Å². The molecule has 7 nitrogen and oxygen atoms in total. The minimum atomic E-state index is -3.38. The molecule has 10 heteroatoms. The molecule has 3 heterocycles. The van der Waals surface area contributed by atoms with Crippen molar-refractivity contribution in [1.29, 1.82) is 5.26 Å². The molecule has 200 valence electrons. The van der Waals surface area contributed by atoms with Crippen LogP contribution < -0.4 is 10.5 Å². The fraction of sp³-hybridized carbons (Fsp3) is 0.133. The third-order valence-electron chi connectivity index (χ3n) is 7.13. The van der Waals surface area contributed by atoms with E-state index in [0.717, 1.165) is 12.3 Å². The number of nitrogens with one attached hydrogen (secondary N) is 1. The smallest absolute Gasteiger partial charge is 0.274 e. The second-order valence-corrected chi connectivity index (χ2v) is 12.1. The van der Waals surface area contributed by atoms with Gasteiger partial charge in [0.2, 0.25) is 0 Å². The first-order valence-corrected chi connectivity index (χ1v) is 14.4. The van der Waals surface area contributed by atoms with E-state index in [1.54, 1.807) is 60.7 Å². The minimum absolute atomic E-state index is 0.0692. The summed E-state index contributed by atoms with van der Waals surface area (Å²) >= 11 is 0. The number of nitriles is 1. The summed E-state index contributed by atoms with van der Waals surface area (Å²) in [5.74, 6) is -1.76. The number of hydrogen-bond acceptors (Lipinski definition) is 5. The van der Waals surface area contributed by atoms with Crippen LogP contribution in [0, 0.1) is 23.0 Å². The number of sulfone groups is 1. The van der Waals surface area contributed by atoms with E-state index in [0.29, 0.717) is 50.0 Å². The molecule has 0 amide bonds. The third kappa shape index (κ3) is 4.15. The van der Waals surface area contributed by atoms with Gasteiger partial charge in [0.25, 0.3) is 5.56 Å². The topological polar surface area (TPSA) is 99.0 Å². The molecule has 2 aromatic heterocycles. The Morgan fingerprint density at radius 2 is 1.80 bits per heavy atom. The molecule has 5 aromatic rings. The van der Waals surface area contributed by atoms with Crippen molar-refractivity contribution in [2.24, 2.45) is 7.05 Å². The molecule has 0 saturated carbocycles. The number of pyridine rings is 1. The van der Waals surface area contributed by atoms with Gasteiger partial charge in [0.1, 0.15) is 17.2 Å². The summed E-state index contributed by atoms with van der Waals surface area (Å²) in [5.41, 5.74) is 4.06. The number of aryl methyl sites for hydroxylation is 1. The zero-order chi connectivity index (χ0) is 28.3. The summed E-state index contributed by atoms with van der Waals surface area (Å²) in [5, 5.41) is 10.2. The van der Waals surface area contributed by atoms with Gasteiger partial charge >= 0.3 is 0 Å². The van der Waals surface area contributed by atoms with Gasteiger partial charge in [-0.2, -0.15) is 5.26 Å². The van der Waals surface area contributed by atoms with Gasteiger partial charge in [0.05, 0.1) is 34.8 Å². The van der Waals surface area contributed by atoms with Crippen molar-refractivity contribution in [3.05, 3.63) is 117 Å². The van der Waals surface area contributed by atoms with Crippen molar-refractivity contribution in [2.75, 3.05) is 11.2 Å². The van der Waals surface area contributed by atoms with Crippen molar-refractivity contribution >= 4 is 32.1 Å². The molecule has 0 saturated heterocycles. The standard InChI is InChI=1S/C30H22F2N4O3S/c1-35-15-23-21-11-18(16-40(2,38)39)6-8-25(21)36(26-9-7-20(31)12-24(26)32)29(19-5-3-4-17(10-19)13-33)22-14-34-28(27(22)23)30(35)37/h3-12,14-15,29,34H,16H2,1-2H3. The zero-order valence-corrected chi connectivity index (χ0v) is 22.3. The number of halogens is 2. The Kier molecular flexibility index (Phi) is 5.85. The number of aromatic amines is 1. The summed E-state index contributed by atoms with van der Waals surface area (Å²) in [6.45, 7) is 0. The van der Waals surface area contributed by atoms with Gasteiger partial charge < -0.3 is 14.5 Å². The van der Waals surface area contributed by atoms with Gasteiger partial charge in [-0.05, 0) is 47.5 Å². The molecule has 1 aliphatic rings. The summed E-state index contributed by atoms with van der Waals surface area (Å²) in [7, 11) is -1.76. The molecule has 0 bridgehead atoms. The van der Waals surface area contributed by atoms with E-state index in [-0.39, 0.29) is 17.0 Å². The van der Waals surface area contributed by atoms with Crippen molar-refractivity contribution in [2.45, 2.75) is 11.8 Å². The van der Waals surface area contributed by atoms with E-state index in [9.17, 15) is 22.9 Å². The fourth-order valence-corrected chi connectivity index (χ4v) is 6.33. The highest BCUT2D eigenvalue weighted by Gasteiger charge is 2.35. The molecule has 1 atom stereocenters. The first kappa shape index (κ1) is 25.5. The molecule has 0 fully saturated rings. The zero-order valence-electron chi connectivity index (χ0n) is 21.4. The van der Waals surface area contributed by atoms with Gasteiger partial charge in [0, 0.05) is 53.8 Å². The normalized spacial score (nSPS) is 14.6. The van der Waals surface area contributed by atoms with Gasteiger partial charge in [0.15, 0.2) is 9.84 Å². The highest BCUT2D eigenvalue weighted by molar-refractivity contribution is 7.89. The van der Waals surface area contributed by atoms with Crippen LogP contribution in [-0.2, 0) is 22.6 Å². The number of aromatic nitrogens is 2. The number of hydrogen-bond donors (Lipinski definition) is 1. The maximum Gasteiger partial charge on any atom is 0.274 e. The number of anilines is 2. The molecule has 40 heavy (non-hydrogen) atoms. The van der Waals surface area contributed by atoms with Crippen LogP contribution in [0.25, 0.3) is 22.0 Å². The van der Waals surface area contributed by atoms with Gasteiger partial charge in [-0.15, -0.1) is 0 Å². The highest BCUT2D eigenvalue weighted by atomic mass is 32.2. The SMILES string of the molecule is Cn1cc2c3c(c[nH]c3c1=O)C(c1cccc(C#N)c1)N(c1ccc(F)cc1F)c1ccc(CS(C)(=O)=O)cc1-2. The Balaban J connectivity index is 1.78. The Hall–Kier alpha value is -4.75. The Morgan fingerprint density at radius 1 is 1.02 bits per heavy atom. The van der Waals surface area contributed by atoms with Gasteiger partial charge in [-0.25, -0.2) is 17.2 Å². The summed E-state index contributed by atoms with van der Waals surface area (Å²) < 4.78 is 55.4. The van der Waals surface area contributed by atoms with E-state index in [2.05, 4.69) is 11.1 Å². The van der Waals surface area contributed by atoms with Crippen molar-refractivity contribution in [3.63, 3.8) is 0 Å². The first-order chi connectivity index (χ1) is 19.1. The van der Waals surface area contributed by atoms with Crippen LogP contribution in [0.2, 0.25) is 0 Å². The lowest BCUT2D eigenvalue weighted by atomic mass is 9.94. The van der Waals surface area contributed by atoms with Crippen LogP contribution in [0.1, 0.15) is 28.3 Å². The molecule has 0 radical (unpaired) electrons. The Labute approximate surface area is 228 Å². The van der Waals surface area contributed by atoms with E-state index in [4.69, 9.17) is 0 Å². The number of nitrogens with zero attached hydrogens (tertiary/aromatic N) is 3. The molecule has 3 aromatic carbocycles. The van der Waals surface area contributed by atoms with Crippen LogP contribution in [-0.4, -0.2) is 24.2 Å². The lowest BCUT2D eigenvalue weighted by molar-refractivity contribution is 0.580. The van der Waals surface area contributed by atoms with Crippen LogP contribution in [0.3, 0.4) is 0 Å². The Morgan fingerprint density at radius 3 is 2.52 bits per heavy atom. The second-order valence-electron chi connectivity index (χ2n) is 9.98. The first-order valence-electron chi connectivity index (χ1n) is 12.3. The number of rotatable bonds is 4. The number of fused-ring (bicyclic) bond motifs is 2. The largest absolute Gasteiger partial charge is 0.356 e. The quantitative estimate of drug-likeness (QED) is 0.317. The average molecular weight is 557 g/mol. The number of benzene rings is 3. The molecule has 1 aliphatic heterocycles. The van der Waals surface area contributed by atoms with Gasteiger partial charge in [-0.1, -0.05) is 18.2 Å². The number of H-pyrrole nitrogens is 1. The summed E-state index contributed by atoms with van der Waals surface area (Å²) in [6, 6.07) is 16.7. The molecular weight excluding hydrogens is 534 g/mol. The maximum atomic E-state index is 15.6. The van der Waals surface area contributed by atoms with Gasteiger partial charge in [-0.3, -0.25) is 4.79 Å². The second kappa shape index (κ2) is 9.17. The van der Waals surface area contributed by atoms with Crippen LogP contribution in [0.5, 0.6) is 0 Å². The monoisotopic (exact) mass is 556 g/mol. The van der Waals surface area contributed by atoms with E-state index >= 15 is 4.39 Å². The fourth-order valence-electron chi connectivity index (χ4n) is 5.54. The van der Waals surface area contributed by atoms with Crippen molar-refractivity contribution in [3.8, 4) is 17.2 Å². The van der Waals surface area contributed by atoms with Crippen LogP contribution in [0.4, 0.5) is 20.2 Å². The minimum Gasteiger partial charge on any atom is -0.356 e. The lowest BCUT2D eigenvalue weighted by Crippen LogP contribution is -2.25. The van der Waals surface area contributed by atoms with E-state index in [1.807, 2.05) is 6.07 Å². The third-order valence-corrected chi connectivity index (χ3v) is 7.99. The summed E-state index contributed by atoms with van der Waals surface area (Å²) in [6.07, 6.45) is 4.51. The highest BCUT2D eigenvalue weighted by Crippen LogP contribution is 2.50. The summed E-state index contributed by atoms with van der Waals surface area (Å²) in [4.78, 5) is 18.0. The van der Waals surface area contributed by atoms with Crippen LogP contribution in [0.15, 0.2) is 77.9 Å². The van der Waals surface area contributed by atoms with Crippen molar-refractivity contribution < 1.29 is 17.2 Å². The maximum absolute atomic E-state index is 15.6.